The van der Waals surface area contributed by atoms with Gasteiger partial charge in [0.1, 0.15) is 18.2 Å². The topological polar surface area (TPSA) is 71.3 Å². The van der Waals surface area contributed by atoms with Gasteiger partial charge in [-0.25, -0.2) is 0 Å². The summed E-state index contributed by atoms with van der Waals surface area (Å²) in [6.45, 7) is 0.0769. The average Bonchev–Trinajstić information content (AvgIpc) is 2.68. The maximum absolute atomic E-state index is 12.4. The molecule has 1 amide bonds. The van der Waals surface area contributed by atoms with Crippen molar-refractivity contribution in [3.05, 3.63) is 56.0 Å². The minimum atomic E-state index is -0.598. The normalized spacial score (nSPS) is 10.6. The number of nitrogens with one attached hydrogen (secondary N) is 1. The highest BCUT2D eigenvalue weighted by molar-refractivity contribution is 9.10. The molecule has 28 heavy (non-hydrogen) atoms. The molecule has 0 aliphatic heterocycles. The number of nitriles is 1. The van der Waals surface area contributed by atoms with Crippen LogP contribution in [0.3, 0.4) is 0 Å². The molecule has 0 radical (unpaired) electrons. The predicted molar refractivity (Wildman–Crippen MR) is 114 cm³/mol. The van der Waals surface area contributed by atoms with Gasteiger partial charge in [0.2, 0.25) is 0 Å². The second-order valence-electron chi connectivity index (χ2n) is 5.27. The predicted octanol–water partition coefficient (Wildman–Crippen LogP) is 5.32. The van der Waals surface area contributed by atoms with Crippen LogP contribution in [0, 0.1) is 23.7 Å². The minimum Gasteiger partial charge on any atom is -0.493 e. The standard InChI is InChI=1S/C20H13BrCl2N2O3/c1-3-6-28-19-10-15(21)12(8-18(19)27-2)7-13(11-24)20(26)25-14-4-5-16(22)17(23)9-14/h1,4-5,7-10H,6H2,2H3,(H,25,26)/b13-7+. The van der Waals surface area contributed by atoms with Crippen molar-refractivity contribution in [2.24, 2.45) is 0 Å². The van der Waals surface area contributed by atoms with Crippen LogP contribution in [0.5, 0.6) is 11.5 Å². The molecule has 1 N–H and O–H groups in total. The monoisotopic (exact) mass is 478 g/mol. The highest BCUT2D eigenvalue weighted by atomic mass is 79.9. The molecule has 0 aromatic heterocycles. The number of hydrogen-bond donors (Lipinski definition) is 1. The summed E-state index contributed by atoms with van der Waals surface area (Å²) in [6, 6.07) is 9.77. The molecule has 0 atom stereocenters. The van der Waals surface area contributed by atoms with Crippen molar-refractivity contribution in [1.82, 2.24) is 0 Å². The minimum absolute atomic E-state index is 0.0769. The van der Waals surface area contributed by atoms with Gasteiger partial charge in [-0.3, -0.25) is 4.79 Å². The number of carbonyl (C=O) groups is 1. The largest absolute Gasteiger partial charge is 0.493 e. The van der Waals surface area contributed by atoms with Gasteiger partial charge >= 0.3 is 0 Å². The second-order valence-corrected chi connectivity index (χ2v) is 6.94. The lowest BCUT2D eigenvalue weighted by Gasteiger charge is -2.11. The Kier molecular flexibility index (Phi) is 7.78. The van der Waals surface area contributed by atoms with Crippen LogP contribution in [0.1, 0.15) is 5.56 Å². The quantitative estimate of drug-likeness (QED) is 0.345. The van der Waals surface area contributed by atoms with E-state index in [-0.39, 0.29) is 17.2 Å². The van der Waals surface area contributed by atoms with Crippen molar-refractivity contribution in [2.75, 3.05) is 19.0 Å². The number of methoxy groups -OCH3 is 1. The van der Waals surface area contributed by atoms with E-state index in [0.29, 0.717) is 32.2 Å². The number of ether oxygens (including phenoxy) is 2. The molecule has 0 spiro atoms. The summed E-state index contributed by atoms with van der Waals surface area (Å²) in [5.74, 6) is 2.61. The molecule has 0 saturated carbocycles. The molecule has 2 aromatic carbocycles. The molecule has 0 unspecified atom stereocenters. The molecule has 142 valence electrons. The van der Waals surface area contributed by atoms with Gasteiger partial charge < -0.3 is 14.8 Å². The highest BCUT2D eigenvalue weighted by Crippen LogP contribution is 2.34. The lowest BCUT2D eigenvalue weighted by atomic mass is 10.1. The van der Waals surface area contributed by atoms with Crippen molar-refractivity contribution < 1.29 is 14.3 Å². The van der Waals surface area contributed by atoms with Gasteiger partial charge in [0.05, 0.1) is 17.2 Å². The van der Waals surface area contributed by atoms with Crippen LogP contribution in [0.2, 0.25) is 10.0 Å². The summed E-state index contributed by atoms with van der Waals surface area (Å²) >= 11 is 15.2. The van der Waals surface area contributed by atoms with E-state index in [1.54, 1.807) is 24.3 Å². The van der Waals surface area contributed by atoms with Crippen molar-refractivity contribution in [1.29, 1.82) is 5.26 Å². The van der Waals surface area contributed by atoms with Gasteiger partial charge in [-0.05, 0) is 42.0 Å². The zero-order chi connectivity index (χ0) is 20.7. The van der Waals surface area contributed by atoms with Crippen LogP contribution in [0.15, 0.2) is 40.4 Å². The first-order valence-electron chi connectivity index (χ1n) is 7.71. The molecule has 0 aliphatic carbocycles. The van der Waals surface area contributed by atoms with Crippen molar-refractivity contribution in [2.45, 2.75) is 0 Å². The molecular weight excluding hydrogens is 467 g/mol. The summed E-state index contributed by atoms with van der Waals surface area (Å²) in [5.41, 5.74) is 0.840. The summed E-state index contributed by atoms with van der Waals surface area (Å²) < 4.78 is 11.3. The number of halogens is 3. The summed E-state index contributed by atoms with van der Waals surface area (Å²) in [5, 5.41) is 12.7. The number of anilines is 1. The van der Waals surface area contributed by atoms with Crippen LogP contribution in [-0.2, 0) is 4.79 Å². The smallest absolute Gasteiger partial charge is 0.266 e. The van der Waals surface area contributed by atoms with E-state index in [9.17, 15) is 10.1 Å². The lowest BCUT2D eigenvalue weighted by molar-refractivity contribution is -0.112. The molecule has 0 aliphatic rings. The zero-order valence-corrected chi connectivity index (χ0v) is 17.7. The van der Waals surface area contributed by atoms with Gasteiger partial charge in [0.25, 0.3) is 5.91 Å². The molecule has 5 nitrogen and oxygen atoms in total. The molecule has 0 bridgehead atoms. The summed E-state index contributed by atoms with van der Waals surface area (Å²) in [4.78, 5) is 12.4. The molecular formula is C20H13BrCl2N2O3. The summed E-state index contributed by atoms with van der Waals surface area (Å²) in [7, 11) is 1.47. The SMILES string of the molecule is C#CCOc1cc(Br)c(/C=C(\C#N)C(=O)Nc2ccc(Cl)c(Cl)c2)cc1OC. The van der Waals surface area contributed by atoms with E-state index in [2.05, 4.69) is 27.2 Å². The summed E-state index contributed by atoms with van der Waals surface area (Å²) in [6.07, 6.45) is 6.62. The number of hydrogen-bond acceptors (Lipinski definition) is 4. The Balaban J connectivity index is 2.32. The Morgan fingerprint density at radius 1 is 1.29 bits per heavy atom. The van der Waals surface area contributed by atoms with Crippen molar-refractivity contribution in [3.8, 4) is 29.9 Å². The third-order valence-corrected chi connectivity index (χ3v) is 4.86. The van der Waals surface area contributed by atoms with Gasteiger partial charge in [-0.2, -0.15) is 5.26 Å². The Morgan fingerprint density at radius 2 is 2.04 bits per heavy atom. The maximum Gasteiger partial charge on any atom is 0.266 e. The number of terminal acetylenes is 1. The average molecular weight is 480 g/mol. The second kappa shape index (κ2) is 10.1. The number of nitrogens with zero attached hydrogens (tertiary/aromatic N) is 1. The first-order valence-corrected chi connectivity index (χ1v) is 9.26. The van der Waals surface area contributed by atoms with Crippen molar-refractivity contribution in [3.63, 3.8) is 0 Å². The zero-order valence-electron chi connectivity index (χ0n) is 14.6. The van der Waals surface area contributed by atoms with Gasteiger partial charge in [0, 0.05) is 10.2 Å². The van der Waals surface area contributed by atoms with Crippen LogP contribution >= 0.6 is 39.1 Å². The first-order chi connectivity index (χ1) is 13.4. The number of carbonyl (C=O) groups excluding carboxylic acids is 1. The number of benzene rings is 2. The van der Waals surface area contributed by atoms with E-state index in [1.165, 1.54) is 19.3 Å². The van der Waals surface area contributed by atoms with Crippen molar-refractivity contribution >= 4 is 56.8 Å². The van der Waals surface area contributed by atoms with Gasteiger partial charge in [-0.15, -0.1) is 6.42 Å². The molecule has 2 rings (SSSR count). The third kappa shape index (κ3) is 5.43. The van der Waals surface area contributed by atoms with Crippen LogP contribution in [-0.4, -0.2) is 19.6 Å². The van der Waals surface area contributed by atoms with Crippen LogP contribution in [0.4, 0.5) is 5.69 Å². The van der Waals surface area contributed by atoms with Crippen LogP contribution < -0.4 is 14.8 Å². The Labute approximate surface area is 181 Å². The van der Waals surface area contributed by atoms with E-state index in [4.69, 9.17) is 39.1 Å². The Hall–Kier alpha value is -2.64. The molecule has 2 aromatic rings. The number of rotatable bonds is 6. The first kappa shape index (κ1) is 21.7. The fourth-order valence-electron chi connectivity index (χ4n) is 2.13. The Morgan fingerprint density at radius 3 is 2.64 bits per heavy atom. The van der Waals surface area contributed by atoms with E-state index in [0.717, 1.165) is 0 Å². The van der Waals surface area contributed by atoms with Gasteiger partial charge in [-0.1, -0.05) is 45.1 Å². The highest BCUT2D eigenvalue weighted by Gasteiger charge is 2.14. The maximum atomic E-state index is 12.4. The molecule has 8 heteroatoms. The number of amides is 1. The fraction of sp³-hybridized carbons (Fsp3) is 0.100. The van der Waals surface area contributed by atoms with Crippen LogP contribution in [0.25, 0.3) is 6.08 Å². The van der Waals surface area contributed by atoms with Gasteiger partial charge in [0.15, 0.2) is 11.5 Å². The molecule has 0 saturated heterocycles. The lowest BCUT2D eigenvalue weighted by Crippen LogP contribution is -2.13. The Bertz CT molecular complexity index is 1020. The van der Waals surface area contributed by atoms with E-state index < -0.39 is 5.91 Å². The van der Waals surface area contributed by atoms with E-state index in [1.807, 2.05) is 6.07 Å². The fourth-order valence-corrected chi connectivity index (χ4v) is 2.86. The third-order valence-electron chi connectivity index (χ3n) is 3.44. The molecule has 0 fully saturated rings. The van der Waals surface area contributed by atoms with E-state index >= 15 is 0 Å². The molecule has 0 heterocycles.